The van der Waals surface area contributed by atoms with Crippen LogP contribution >= 0.6 is 0 Å². The Morgan fingerprint density at radius 3 is 2.33 bits per heavy atom. The zero-order chi connectivity index (χ0) is 24.0. The molecule has 0 aliphatic rings. The standard InChI is InChI=1S/C28H32N2O3/c1-18-10-12-22(13-11-18)27-23(17-33-21(4)9-6-16-31)14-15-24(30-27)26(28(29)32)25-19(2)7-5-8-20(25)3/h5,7-8,10-15,26,31H,4,6,9,16-17H2,1-3H3,(H2,29,32). The quantitative estimate of drug-likeness (QED) is 0.426. The van der Waals surface area contributed by atoms with Gasteiger partial charge in [0, 0.05) is 24.2 Å². The normalized spacial score (nSPS) is 11.8. The molecule has 1 heterocycles. The first kappa shape index (κ1) is 24.2. The zero-order valence-corrected chi connectivity index (χ0v) is 19.6. The lowest BCUT2D eigenvalue weighted by Crippen LogP contribution is -2.25. The number of aryl methyl sites for hydroxylation is 3. The fourth-order valence-electron chi connectivity index (χ4n) is 3.99. The van der Waals surface area contributed by atoms with E-state index in [0.29, 0.717) is 30.9 Å². The summed E-state index contributed by atoms with van der Waals surface area (Å²) in [4.78, 5) is 17.6. The minimum atomic E-state index is -0.648. The van der Waals surface area contributed by atoms with Gasteiger partial charge in [0.25, 0.3) is 0 Å². The number of benzene rings is 2. The third-order valence-electron chi connectivity index (χ3n) is 5.78. The molecule has 0 saturated heterocycles. The summed E-state index contributed by atoms with van der Waals surface area (Å²) in [6.45, 7) is 10.3. The second-order valence-corrected chi connectivity index (χ2v) is 8.41. The summed E-state index contributed by atoms with van der Waals surface area (Å²) >= 11 is 0. The van der Waals surface area contributed by atoms with E-state index in [1.165, 1.54) is 0 Å². The number of carbonyl (C=O) groups is 1. The predicted molar refractivity (Wildman–Crippen MR) is 132 cm³/mol. The summed E-state index contributed by atoms with van der Waals surface area (Å²) < 4.78 is 5.85. The second kappa shape index (κ2) is 10.9. The van der Waals surface area contributed by atoms with Crippen LogP contribution in [0.3, 0.4) is 0 Å². The molecule has 5 heteroatoms. The van der Waals surface area contributed by atoms with Crippen molar-refractivity contribution in [2.45, 2.75) is 46.1 Å². The number of aromatic nitrogens is 1. The topological polar surface area (TPSA) is 85.4 Å². The van der Waals surface area contributed by atoms with Crippen LogP contribution in [0.5, 0.6) is 0 Å². The maximum atomic E-state index is 12.6. The minimum absolute atomic E-state index is 0.0973. The number of hydrogen-bond acceptors (Lipinski definition) is 4. The number of ether oxygens (including phenoxy) is 1. The molecule has 1 unspecified atom stereocenters. The van der Waals surface area contributed by atoms with E-state index >= 15 is 0 Å². The van der Waals surface area contributed by atoms with Gasteiger partial charge in [0.2, 0.25) is 5.91 Å². The van der Waals surface area contributed by atoms with Gasteiger partial charge in [-0.05, 0) is 49.9 Å². The minimum Gasteiger partial charge on any atom is -0.494 e. The number of aliphatic hydroxyl groups is 1. The predicted octanol–water partition coefficient (Wildman–Crippen LogP) is 5.09. The second-order valence-electron chi connectivity index (χ2n) is 8.41. The van der Waals surface area contributed by atoms with Gasteiger partial charge >= 0.3 is 0 Å². The molecule has 0 fully saturated rings. The van der Waals surface area contributed by atoms with Crippen LogP contribution in [0.2, 0.25) is 0 Å². The van der Waals surface area contributed by atoms with Crippen LogP contribution in [0.15, 0.2) is 66.9 Å². The molecule has 3 N–H and O–H groups in total. The van der Waals surface area contributed by atoms with Gasteiger partial charge in [-0.3, -0.25) is 9.78 Å². The number of nitrogens with zero attached hydrogens (tertiary/aromatic N) is 1. The van der Waals surface area contributed by atoms with Crippen LogP contribution < -0.4 is 5.73 Å². The maximum absolute atomic E-state index is 12.6. The summed E-state index contributed by atoms with van der Waals surface area (Å²) in [5.74, 6) is -0.463. The Morgan fingerprint density at radius 2 is 1.73 bits per heavy atom. The van der Waals surface area contributed by atoms with Crippen molar-refractivity contribution in [2.75, 3.05) is 6.61 Å². The largest absolute Gasteiger partial charge is 0.494 e. The van der Waals surface area contributed by atoms with Crippen LogP contribution in [0.25, 0.3) is 11.3 Å². The third kappa shape index (κ3) is 5.88. The number of amides is 1. The third-order valence-corrected chi connectivity index (χ3v) is 5.78. The first-order valence-corrected chi connectivity index (χ1v) is 11.2. The highest BCUT2D eigenvalue weighted by molar-refractivity contribution is 5.86. The van der Waals surface area contributed by atoms with Gasteiger partial charge in [0.1, 0.15) is 12.5 Å². The molecule has 0 saturated carbocycles. The molecule has 1 aromatic heterocycles. The van der Waals surface area contributed by atoms with Gasteiger partial charge < -0.3 is 15.6 Å². The van der Waals surface area contributed by atoms with Crippen LogP contribution in [-0.2, 0) is 16.1 Å². The van der Waals surface area contributed by atoms with Gasteiger partial charge in [0.15, 0.2) is 0 Å². The van der Waals surface area contributed by atoms with Crippen molar-refractivity contribution in [3.05, 3.63) is 100 Å². The van der Waals surface area contributed by atoms with Crippen molar-refractivity contribution in [3.63, 3.8) is 0 Å². The molecule has 0 radical (unpaired) electrons. The first-order valence-electron chi connectivity index (χ1n) is 11.2. The Balaban J connectivity index is 2.06. The van der Waals surface area contributed by atoms with Gasteiger partial charge in [-0.1, -0.05) is 60.7 Å². The van der Waals surface area contributed by atoms with Crippen LogP contribution in [0.4, 0.5) is 0 Å². The number of aliphatic hydroxyl groups excluding tert-OH is 1. The van der Waals surface area contributed by atoms with E-state index in [1.807, 2.05) is 75.4 Å². The lowest BCUT2D eigenvalue weighted by atomic mass is 9.87. The number of carbonyl (C=O) groups excluding carboxylic acids is 1. The average molecular weight is 445 g/mol. The molecule has 33 heavy (non-hydrogen) atoms. The van der Waals surface area contributed by atoms with E-state index in [4.69, 9.17) is 20.6 Å². The van der Waals surface area contributed by atoms with Crippen LogP contribution in [0.1, 0.15) is 52.3 Å². The Kier molecular flexibility index (Phi) is 8.01. The van der Waals surface area contributed by atoms with Gasteiger partial charge in [-0.25, -0.2) is 0 Å². The molecular formula is C28H32N2O3. The lowest BCUT2D eigenvalue weighted by molar-refractivity contribution is -0.118. The Morgan fingerprint density at radius 1 is 1.06 bits per heavy atom. The molecule has 0 aliphatic carbocycles. The average Bonchev–Trinajstić information content (AvgIpc) is 2.79. The molecule has 0 spiro atoms. The van der Waals surface area contributed by atoms with E-state index in [-0.39, 0.29) is 6.61 Å². The Hall–Kier alpha value is -3.44. The molecule has 0 aliphatic heterocycles. The summed E-state index contributed by atoms with van der Waals surface area (Å²) in [6, 6.07) is 17.8. The fraction of sp³-hybridized carbons (Fsp3) is 0.286. The molecule has 3 aromatic rings. The van der Waals surface area contributed by atoms with Crippen molar-refractivity contribution in [1.29, 1.82) is 0 Å². The van der Waals surface area contributed by atoms with Gasteiger partial charge in [-0.15, -0.1) is 0 Å². The van der Waals surface area contributed by atoms with Gasteiger partial charge in [-0.2, -0.15) is 0 Å². The Bertz CT molecular complexity index is 1120. The summed E-state index contributed by atoms with van der Waals surface area (Å²) in [6.07, 6.45) is 1.20. The zero-order valence-electron chi connectivity index (χ0n) is 19.6. The smallest absolute Gasteiger partial charge is 0.231 e. The Labute approximate surface area is 195 Å². The van der Waals surface area contributed by atoms with E-state index in [2.05, 4.69) is 6.58 Å². The molecule has 5 nitrogen and oxygen atoms in total. The lowest BCUT2D eigenvalue weighted by Gasteiger charge is -2.20. The highest BCUT2D eigenvalue weighted by Gasteiger charge is 2.26. The van der Waals surface area contributed by atoms with E-state index in [9.17, 15) is 4.79 Å². The number of pyridine rings is 1. The summed E-state index contributed by atoms with van der Waals surface area (Å²) in [5, 5.41) is 9.03. The summed E-state index contributed by atoms with van der Waals surface area (Å²) in [7, 11) is 0. The molecule has 1 amide bonds. The van der Waals surface area contributed by atoms with E-state index in [1.54, 1.807) is 0 Å². The number of hydrogen-bond donors (Lipinski definition) is 2. The van der Waals surface area contributed by atoms with Crippen molar-refractivity contribution in [2.24, 2.45) is 5.73 Å². The number of primary amides is 1. The molecular weight excluding hydrogens is 412 g/mol. The highest BCUT2D eigenvalue weighted by Crippen LogP contribution is 2.32. The number of allylic oxidation sites excluding steroid dienone is 1. The molecule has 0 bridgehead atoms. The van der Waals surface area contributed by atoms with E-state index in [0.717, 1.165) is 39.1 Å². The molecule has 172 valence electrons. The number of nitrogens with two attached hydrogens (primary N) is 1. The van der Waals surface area contributed by atoms with Gasteiger partial charge in [0.05, 0.1) is 17.1 Å². The van der Waals surface area contributed by atoms with E-state index < -0.39 is 11.8 Å². The highest BCUT2D eigenvalue weighted by atomic mass is 16.5. The van der Waals surface area contributed by atoms with Crippen molar-refractivity contribution in [3.8, 4) is 11.3 Å². The summed E-state index contributed by atoms with van der Waals surface area (Å²) in [5.41, 5.74) is 13.1. The van der Waals surface area contributed by atoms with Crippen LogP contribution in [0, 0.1) is 20.8 Å². The maximum Gasteiger partial charge on any atom is 0.231 e. The van der Waals surface area contributed by atoms with Crippen molar-refractivity contribution in [1.82, 2.24) is 4.98 Å². The first-order chi connectivity index (χ1) is 15.8. The SMILES string of the molecule is C=C(CCCO)OCc1ccc(C(C(N)=O)c2c(C)cccc2C)nc1-c1ccc(C)cc1. The molecule has 2 aromatic carbocycles. The molecule has 3 rings (SSSR count). The van der Waals surface area contributed by atoms with Crippen molar-refractivity contribution >= 4 is 5.91 Å². The number of rotatable bonds is 10. The van der Waals surface area contributed by atoms with Crippen molar-refractivity contribution < 1.29 is 14.6 Å². The fourth-order valence-corrected chi connectivity index (χ4v) is 3.99. The molecule has 1 atom stereocenters. The monoisotopic (exact) mass is 444 g/mol. The van der Waals surface area contributed by atoms with Crippen LogP contribution in [-0.4, -0.2) is 22.6 Å².